The molecule has 0 unspecified atom stereocenters. The van der Waals surface area contributed by atoms with Gasteiger partial charge in [-0.15, -0.1) is 0 Å². The molecular formula is C15H15N3O3. The second-order valence-corrected chi connectivity index (χ2v) is 4.41. The van der Waals surface area contributed by atoms with Crippen molar-refractivity contribution in [3.63, 3.8) is 0 Å². The number of anilines is 1. The molecule has 0 aliphatic carbocycles. The zero-order chi connectivity index (χ0) is 15.2. The summed E-state index contributed by atoms with van der Waals surface area (Å²) in [6.07, 6.45) is 3.39. The molecule has 0 spiro atoms. The average Bonchev–Trinajstić information content (AvgIpc) is 2.80. The Bertz CT molecular complexity index is 710. The van der Waals surface area contributed by atoms with Gasteiger partial charge in [0.1, 0.15) is 0 Å². The van der Waals surface area contributed by atoms with Crippen molar-refractivity contribution in [2.45, 2.75) is 20.3 Å². The van der Waals surface area contributed by atoms with Crippen molar-refractivity contribution in [2.75, 3.05) is 11.9 Å². The van der Waals surface area contributed by atoms with E-state index in [2.05, 4.69) is 27.3 Å². The Balaban J connectivity index is 2.15. The number of aromatic nitrogens is 2. The second kappa shape index (κ2) is 6.68. The van der Waals surface area contributed by atoms with E-state index >= 15 is 0 Å². The van der Waals surface area contributed by atoms with Gasteiger partial charge < -0.3 is 9.63 Å². The fourth-order valence-electron chi connectivity index (χ4n) is 1.56. The van der Waals surface area contributed by atoms with E-state index in [0.29, 0.717) is 23.4 Å². The number of aliphatic hydroxyl groups excluding tert-OH is 1. The Morgan fingerprint density at radius 2 is 2.24 bits per heavy atom. The molecule has 0 saturated heterocycles. The van der Waals surface area contributed by atoms with Gasteiger partial charge >= 0.3 is 0 Å². The van der Waals surface area contributed by atoms with Gasteiger partial charge in [-0.2, -0.15) is 0 Å². The molecule has 0 aromatic carbocycles. The molecule has 21 heavy (non-hydrogen) atoms. The predicted molar refractivity (Wildman–Crippen MR) is 76.7 cm³/mol. The number of hydrogen-bond donors (Lipinski definition) is 2. The summed E-state index contributed by atoms with van der Waals surface area (Å²) in [6.45, 7) is 3.62. The normalized spacial score (nSPS) is 9.86. The molecule has 0 bridgehead atoms. The first kappa shape index (κ1) is 14.8. The van der Waals surface area contributed by atoms with Crippen LogP contribution in [0.2, 0.25) is 0 Å². The largest absolute Gasteiger partial charge is 0.395 e. The minimum Gasteiger partial charge on any atom is -0.395 e. The molecule has 2 N–H and O–H groups in total. The number of nitrogens with one attached hydrogen (secondary N) is 1. The van der Waals surface area contributed by atoms with Crippen LogP contribution in [-0.4, -0.2) is 27.8 Å². The minimum atomic E-state index is -0.340. The van der Waals surface area contributed by atoms with E-state index in [1.165, 1.54) is 6.20 Å². The van der Waals surface area contributed by atoms with Crippen molar-refractivity contribution < 1.29 is 14.4 Å². The highest BCUT2D eigenvalue weighted by atomic mass is 16.5. The van der Waals surface area contributed by atoms with Crippen molar-refractivity contribution in [3.05, 3.63) is 40.8 Å². The molecule has 0 atom stereocenters. The van der Waals surface area contributed by atoms with Crippen molar-refractivity contribution in [3.8, 4) is 11.8 Å². The van der Waals surface area contributed by atoms with E-state index in [4.69, 9.17) is 9.63 Å². The number of aryl methyl sites for hydroxylation is 1. The molecule has 2 rings (SSSR count). The molecule has 1 amide bonds. The van der Waals surface area contributed by atoms with Crippen LogP contribution < -0.4 is 5.32 Å². The van der Waals surface area contributed by atoms with E-state index in [0.717, 1.165) is 11.3 Å². The van der Waals surface area contributed by atoms with E-state index in [1.54, 1.807) is 19.2 Å². The Morgan fingerprint density at radius 3 is 2.90 bits per heavy atom. The lowest BCUT2D eigenvalue weighted by atomic mass is 10.2. The number of carbonyl (C=O) groups is 1. The number of hydrogen-bond acceptors (Lipinski definition) is 5. The van der Waals surface area contributed by atoms with E-state index in [9.17, 15) is 4.79 Å². The molecule has 2 aromatic heterocycles. The van der Waals surface area contributed by atoms with Crippen LogP contribution in [-0.2, 0) is 0 Å². The molecule has 0 radical (unpaired) electrons. The lowest BCUT2D eigenvalue weighted by Gasteiger charge is -2.02. The maximum atomic E-state index is 12.1. The molecule has 6 heteroatoms. The fourth-order valence-corrected chi connectivity index (χ4v) is 1.56. The lowest BCUT2D eigenvalue weighted by molar-refractivity contribution is 0.102. The fraction of sp³-hybridized carbons (Fsp3) is 0.267. The van der Waals surface area contributed by atoms with Crippen molar-refractivity contribution >= 4 is 11.8 Å². The molecule has 108 valence electrons. The third kappa shape index (κ3) is 3.68. The van der Waals surface area contributed by atoms with Gasteiger partial charge in [-0.3, -0.25) is 15.1 Å². The third-order valence-electron chi connectivity index (χ3n) is 2.85. The smallest absolute Gasteiger partial charge is 0.259 e. The zero-order valence-corrected chi connectivity index (χ0v) is 11.8. The van der Waals surface area contributed by atoms with Gasteiger partial charge in [-0.1, -0.05) is 17.0 Å². The van der Waals surface area contributed by atoms with Crippen molar-refractivity contribution in [1.29, 1.82) is 0 Å². The zero-order valence-electron chi connectivity index (χ0n) is 11.8. The number of amides is 1. The van der Waals surface area contributed by atoms with Crippen LogP contribution in [0, 0.1) is 25.7 Å². The number of rotatable bonds is 3. The summed E-state index contributed by atoms with van der Waals surface area (Å²) in [5, 5.41) is 15.1. The van der Waals surface area contributed by atoms with Gasteiger partial charge in [-0.25, -0.2) is 0 Å². The average molecular weight is 285 g/mol. The van der Waals surface area contributed by atoms with Gasteiger partial charge in [0, 0.05) is 29.9 Å². The van der Waals surface area contributed by atoms with Gasteiger partial charge in [0.25, 0.3) is 5.91 Å². The molecule has 0 aliphatic heterocycles. The van der Waals surface area contributed by atoms with Crippen LogP contribution in [0.1, 0.15) is 33.6 Å². The summed E-state index contributed by atoms with van der Waals surface area (Å²) >= 11 is 0. The van der Waals surface area contributed by atoms with E-state index < -0.39 is 0 Å². The molecule has 2 aromatic rings. The van der Waals surface area contributed by atoms with Crippen LogP contribution in [0.25, 0.3) is 0 Å². The van der Waals surface area contributed by atoms with Crippen LogP contribution >= 0.6 is 0 Å². The van der Waals surface area contributed by atoms with E-state index in [-0.39, 0.29) is 12.5 Å². The Hall–Kier alpha value is -2.65. The summed E-state index contributed by atoms with van der Waals surface area (Å²) in [5.41, 5.74) is 2.50. The predicted octanol–water partition coefficient (Wildman–Crippen LogP) is 1.67. The van der Waals surface area contributed by atoms with E-state index in [1.807, 2.05) is 6.92 Å². The monoisotopic (exact) mass is 285 g/mol. The summed E-state index contributed by atoms with van der Waals surface area (Å²) in [6, 6.07) is 1.63. The standard InChI is InChI=1S/C15H15N3O3/c1-10-11(2)18-21-15(10)17-14(20)13-7-12(8-16-9-13)5-3-4-6-19/h7-9,19H,4,6H2,1-2H3,(H,17,20). The van der Waals surface area contributed by atoms with Gasteiger partial charge in [0.05, 0.1) is 17.9 Å². The molecule has 0 saturated carbocycles. The highest BCUT2D eigenvalue weighted by molar-refractivity contribution is 6.03. The number of nitrogens with zero attached hydrogens (tertiary/aromatic N) is 2. The van der Waals surface area contributed by atoms with Crippen molar-refractivity contribution in [2.24, 2.45) is 0 Å². The second-order valence-electron chi connectivity index (χ2n) is 4.41. The maximum absolute atomic E-state index is 12.1. The first-order valence-electron chi connectivity index (χ1n) is 6.41. The van der Waals surface area contributed by atoms with Gasteiger partial charge in [0.15, 0.2) is 0 Å². The summed E-state index contributed by atoms with van der Waals surface area (Å²) < 4.78 is 5.04. The molecule has 0 fully saturated rings. The number of carbonyl (C=O) groups excluding carboxylic acids is 1. The van der Waals surface area contributed by atoms with Gasteiger partial charge in [-0.05, 0) is 19.9 Å². The summed E-state index contributed by atoms with van der Waals surface area (Å²) in [4.78, 5) is 16.1. The number of pyridine rings is 1. The molecular weight excluding hydrogens is 270 g/mol. The highest BCUT2D eigenvalue weighted by Crippen LogP contribution is 2.18. The van der Waals surface area contributed by atoms with Crippen LogP contribution in [0.3, 0.4) is 0 Å². The van der Waals surface area contributed by atoms with Crippen LogP contribution in [0.15, 0.2) is 23.0 Å². The quantitative estimate of drug-likeness (QED) is 0.837. The molecule has 6 nitrogen and oxygen atoms in total. The minimum absolute atomic E-state index is 0.00469. The Labute approximate surface area is 122 Å². The third-order valence-corrected chi connectivity index (χ3v) is 2.85. The Kier molecular flexibility index (Phi) is 4.69. The number of aliphatic hydroxyl groups is 1. The van der Waals surface area contributed by atoms with Crippen molar-refractivity contribution in [1.82, 2.24) is 10.1 Å². The lowest BCUT2D eigenvalue weighted by Crippen LogP contribution is -2.12. The van der Waals surface area contributed by atoms with Gasteiger partial charge in [0.2, 0.25) is 5.88 Å². The molecule has 0 aliphatic rings. The van der Waals surface area contributed by atoms with Crippen LogP contribution in [0.5, 0.6) is 0 Å². The Morgan fingerprint density at radius 1 is 1.43 bits per heavy atom. The summed E-state index contributed by atoms with van der Waals surface area (Å²) in [7, 11) is 0. The SMILES string of the molecule is Cc1noc(NC(=O)c2cncc(C#CCCO)c2)c1C. The van der Waals surface area contributed by atoms with Crippen LogP contribution in [0.4, 0.5) is 5.88 Å². The summed E-state index contributed by atoms with van der Waals surface area (Å²) in [5.74, 6) is 5.60. The first-order chi connectivity index (χ1) is 10.1. The highest BCUT2D eigenvalue weighted by Gasteiger charge is 2.13. The first-order valence-corrected chi connectivity index (χ1v) is 6.41. The topological polar surface area (TPSA) is 88.3 Å². The maximum Gasteiger partial charge on any atom is 0.259 e. The molecule has 2 heterocycles.